The maximum absolute atomic E-state index is 12.8. The Morgan fingerprint density at radius 1 is 1.28 bits per heavy atom. The number of phenolic OH excluding ortho intramolecular Hbond substituents is 1. The molecule has 3 N–H and O–H groups in total. The Hall–Kier alpha value is -1.97. The maximum atomic E-state index is 12.8. The predicted molar refractivity (Wildman–Crippen MR) is 85.8 cm³/mol. The fourth-order valence-corrected chi connectivity index (χ4v) is 3.43. The highest BCUT2D eigenvalue weighted by Crippen LogP contribution is 2.37. The fourth-order valence-electron chi connectivity index (χ4n) is 2.88. The molecule has 10 heteroatoms. The Bertz CT molecular complexity index is 750. The molecule has 0 spiro atoms. The first-order valence-electron chi connectivity index (χ1n) is 7.64. The largest absolute Gasteiger partial charge is 0.507 e. The molecule has 0 radical (unpaired) electrons. The molecule has 1 aliphatic rings. The molecule has 0 bridgehead atoms. The van der Waals surface area contributed by atoms with E-state index >= 15 is 0 Å². The van der Waals surface area contributed by atoms with Gasteiger partial charge in [-0.15, -0.1) is 0 Å². The number of alkyl halides is 3. The number of anilines is 1. The van der Waals surface area contributed by atoms with Crippen LogP contribution in [-0.2, 0) is 10.0 Å². The van der Waals surface area contributed by atoms with Gasteiger partial charge in [-0.3, -0.25) is 9.52 Å². The molecule has 1 aromatic rings. The SMILES string of the molecule is CS(=O)(=O)Nc1ccc(O)c(C(=O)N[C@H]2CCC[C@H](C(F)(F)F)C2)c1. The van der Waals surface area contributed by atoms with E-state index in [1.54, 1.807) is 0 Å². The first-order valence-corrected chi connectivity index (χ1v) is 9.53. The van der Waals surface area contributed by atoms with E-state index in [9.17, 15) is 31.5 Å². The van der Waals surface area contributed by atoms with Gasteiger partial charge in [0.15, 0.2) is 0 Å². The van der Waals surface area contributed by atoms with Crippen molar-refractivity contribution in [3.8, 4) is 5.75 Å². The number of sulfonamides is 1. The highest BCUT2D eigenvalue weighted by Gasteiger charge is 2.42. The number of carbonyl (C=O) groups excluding carboxylic acids is 1. The summed E-state index contributed by atoms with van der Waals surface area (Å²) >= 11 is 0. The Morgan fingerprint density at radius 2 is 1.96 bits per heavy atom. The van der Waals surface area contributed by atoms with Crippen LogP contribution in [0.25, 0.3) is 0 Å². The zero-order valence-electron chi connectivity index (χ0n) is 13.4. The standard InChI is InChI=1S/C15H19F3N2O4S/c1-25(23,24)20-11-5-6-13(21)12(8-11)14(22)19-10-4-2-3-9(7-10)15(16,17)18/h5-6,8-10,20-21H,2-4,7H2,1H3,(H,19,22)/t9-,10-/m0/s1. The number of rotatable bonds is 4. The van der Waals surface area contributed by atoms with Gasteiger partial charge in [0.25, 0.3) is 5.91 Å². The summed E-state index contributed by atoms with van der Waals surface area (Å²) in [6.45, 7) is 0. The van der Waals surface area contributed by atoms with E-state index in [2.05, 4.69) is 10.0 Å². The smallest absolute Gasteiger partial charge is 0.391 e. The molecule has 140 valence electrons. The van der Waals surface area contributed by atoms with Gasteiger partial charge in [-0.25, -0.2) is 8.42 Å². The minimum atomic E-state index is -4.30. The molecule has 0 saturated heterocycles. The normalized spacial score (nSPS) is 21.6. The molecular formula is C15H19F3N2O4S. The van der Waals surface area contributed by atoms with Crippen molar-refractivity contribution in [2.75, 3.05) is 11.0 Å². The Morgan fingerprint density at radius 3 is 2.56 bits per heavy atom. The lowest BCUT2D eigenvalue weighted by Gasteiger charge is -2.31. The summed E-state index contributed by atoms with van der Waals surface area (Å²) in [6, 6.07) is 2.89. The second-order valence-corrected chi connectivity index (χ2v) is 7.93. The minimum Gasteiger partial charge on any atom is -0.507 e. The van der Waals surface area contributed by atoms with Gasteiger partial charge in [-0.1, -0.05) is 6.42 Å². The van der Waals surface area contributed by atoms with Crippen LogP contribution in [0.1, 0.15) is 36.0 Å². The van der Waals surface area contributed by atoms with E-state index < -0.39 is 34.1 Å². The first kappa shape index (κ1) is 19.4. The molecule has 25 heavy (non-hydrogen) atoms. The Kier molecular flexibility index (Phi) is 5.50. The van der Waals surface area contributed by atoms with Crippen molar-refractivity contribution in [2.24, 2.45) is 5.92 Å². The third-order valence-electron chi connectivity index (χ3n) is 4.02. The van der Waals surface area contributed by atoms with Crippen molar-refractivity contribution in [1.29, 1.82) is 0 Å². The van der Waals surface area contributed by atoms with Gasteiger partial charge in [-0.2, -0.15) is 13.2 Å². The monoisotopic (exact) mass is 380 g/mol. The number of nitrogens with one attached hydrogen (secondary N) is 2. The van der Waals surface area contributed by atoms with Crippen molar-refractivity contribution in [2.45, 2.75) is 37.9 Å². The summed E-state index contributed by atoms with van der Waals surface area (Å²) in [5, 5.41) is 12.3. The number of aromatic hydroxyl groups is 1. The van der Waals surface area contributed by atoms with Crippen molar-refractivity contribution in [3.05, 3.63) is 23.8 Å². The van der Waals surface area contributed by atoms with E-state index in [1.807, 2.05) is 0 Å². The van der Waals surface area contributed by atoms with E-state index in [4.69, 9.17) is 0 Å². The number of hydrogen-bond acceptors (Lipinski definition) is 4. The molecule has 1 aromatic carbocycles. The Balaban J connectivity index is 2.11. The highest BCUT2D eigenvalue weighted by atomic mass is 32.2. The topological polar surface area (TPSA) is 95.5 Å². The van der Waals surface area contributed by atoms with Crippen molar-refractivity contribution >= 4 is 21.6 Å². The van der Waals surface area contributed by atoms with Crippen LogP contribution in [0.4, 0.5) is 18.9 Å². The molecule has 0 unspecified atom stereocenters. The lowest BCUT2D eigenvalue weighted by molar-refractivity contribution is -0.183. The molecule has 1 fully saturated rings. The van der Waals surface area contributed by atoms with E-state index in [0.29, 0.717) is 12.8 Å². The molecule has 1 amide bonds. The van der Waals surface area contributed by atoms with Gasteiger partial charge in [0.05, 0.1) is 17.7 Å². The second-order valence-electron chi connectivity index (χ2n) is 6.18. The number of phenols is 1. The molecular weight excluding hydrogens is 361 g/mol. The van der Waals surface area contributed by atoms with Gasteiger partial charge < -0.3 is 10.4 Å². The van der Waals surface area contributed by atoms with Crippen LogP contribution in [0, 0.1) is 5.92 Å². The van der Waals surface area contributed by atoms with Crippen LogP contribution in [0.5, 0.6) is 5.75 Å². The quantitative estimate of drug-likeness (QED) is 0.700. The van der Waals surface area contributed by atoms with Crippen molar-refractivity contribution in [3.63, 3.8) is 0 Å². The number of amides is 1. The number of carbonyl (C=O) groups is 1. The van der Waals surface area contributed by atoms with Gasteiger partial charge in [0.1, 0.15) is 5.75 Å². The molecule has 1 aliphatic carbocycles. The summed E-state index contributed by atoms with van der Waals surface area (Å²) in [5.74, 6) is -2.60. The number of halogens is 3. The van der Waals surface area contributed by atoms with Crippen LogP contribution in [0.15, 0.2) is 18.2 Å². The van der Waals surface area contributed by atoms with Crippen LogP contribution in [0.2, 0.25) is 0 Å². The van der Waals surface area contributed by atoms with E-state index in [0.717, 1.165) is 18.4 Å². The molecule has 1 saturated carbocycles. The summed E-state index contributed by atoms with van der Waals surface area (Å²) in [5.41, 5.74) is -0.134. The first-order chi connectivity index (χ1) is 11.5. The van der Waals surface area contributed by atoms with Crippen LogP contribution in [0.3, 0.4) is 0 Å². The maximum Gasteiger partial charge on any atom is 0.391 e. The average molecular weight is 380 g/mol. The second kappa shape index (κ2) is 7.11. The van der Waals surface area contributed by atoms with Crippen LogP contribution >= 0.6 is 0 Å². The van der Waals surface area contributed by atoms with Crippen LogP contribution in [-0.4, -0.2) is 37.9 Å². The molecule has 0 heterocycles. The molecule has 0 aromatic heterocycles. The highest BCUT2D eigenvalue weighted by molar-refractivity contribution is 7.92. The lowest BCUT2D eigenvalue weighted by Crippen LogP contribution is -2.41. The number of benzene rings is 1. The van der Waals surface area contributed by atoms with Gasteiger partial charge in [0, 0.05) is 11.7 Å². The van der Waals surface area contributed by atoms with Gasteiger partial charge >= 0.3 is 6.18 Å². The van der Waals surface area contributed by atoms with Gasteiger partial charge in [-0.05, 0) is 37.5 Å². The van der Waals surface area contributed by atoms with Gasteiger partial charge in [0.2, 0.25) is 10.0 Å². The molecule has 2 rings (SSSR count). The van der Waals surface area contributed by atoms with Crippen molar-refractivity contribution < 1.29 is 31.5 Å². The van der Waals surface area contributed by atoms with E-state index in [1.165, 1.54) is 6.07 Å². The third-order valence-corrected chi connectivity index (χ3v) is 4.62. The minimum absolute atomic E-state index is 0.0366. The predicted octanol–water partition coefficient (Wildman–Crippen LogP) is 2.61. The molecule has 6 nitrogen and oxygen atoms in total. The summed E-state index contributed by atoms with van der Waals surface area (Å²) in [6.07, 6.45) is -2.78. The molecule has 2 atom stereocenters. The van der Waals surface area contributed by atoms with E-state index in [-0.39, 0.29) is 29.8 Å². The fraction of sp³-hybridized carbons (Fsp3) is 0.533. The zero-order chi connectivity index (χ0) is 18.8. The molecule has 0 aliphatic heterocycles. The third kappa shape index (κ3) is 5.52. The van der Waals surface area contributed by atoms with Crippen molar-refractivity contribution in [1.82, 2.24) is 5.32 Å². The average Bonchev–Trinajstić information content (AvgIpc) is 2.47. The summed E-state index contributed by atoms with van der Waals surface area (Å²) < 4.78 is 63.1. The lowest BCUT2D eigenvalue weighted by atomic mass is 9.85. The Labute approximate surface area is 143 Å². The summed E-state index contributed by atoms with van der Waals surface area (Å²) in [7, 11) is -3.57. The van der Waals surface area contributed by atoms with Crippen LogP contribution < -0.4 is 10.0 Å². The number of hydrogen-bond donors (Lipinski definition) is 3. The summed E-state index contributed by atoms with van der Waals surface area (Å²) in [4.78, 5) is 12.3. The zero-order valence-corrected chi connectivity index (χ0v) is 14.2.